The number of halogens is 3. The smallest absolute Gasteiger partial charge is 0.376 e. The summed E-state index contributed by atoms with van der Waals surface area (Å²) >= 11 is 0. The van der Waals surface area contributed by atoms with Crippen LogP contribution >= 0.6 is 0 Å². The van der Waals surface area contributed by atoms with Crippen molar-refractivity contribution in [1.29, 1.82) is 0 Å². The van der Waals surface area contributed by atoms with Crippen LogP contribution in [0.3, 0.4) is 0 Å². The van der Waals surface area contributed by atoms with Gasteiger partial charge in [0.05, 0.1) is 0 Å². The molecule has 0 spiro atoms. The number of amides is 2. The number of aliphatic hydroxyl groups is 1. The topological polar surface area (TPSA) is 60.9 Å². The van der Waals surface area contributed by atoms with E-state index in [1.807, 2.05) is 31.2 Å². The van der Waals surface area contributed by atoms with E-state index in [0.717, 1.165) is 16.2 Å². The van der Waals surface area contributed by atoms with E-state index in [1.54, 1.807) is 14.0 Å². The van der Waals surface area contributed by atoms with E-state index < -0.39 is 24.1 Å². The Labute approximate surface area is 150 Å². The summed E-state index contributed by atoms with van der Waals surface area (Å²) in [6, 6.07) is 7.44. The number of aliphatic hydroxyl groups excluding tert-OH is 1. The Hall–Kier alpha value is -2.09. The molecule has 1 N–H and O–H groups in total. The zero-order valence-electron chi connectivity index (χ0n) is 15.0. The van der Waals surface area contributed by atoms with Crippen LogP contribution in [-0.4, -0.2) is 54.2 Å². The second kappa shape index (κ2) is 7.65. The molecule has 1 aromatic carbocycles. The Morgan fingerprint density at radius 3 is 2.35 bits per heavy atom. The van der Waals surface area contributed by atoms with Crippen LogP contribution in [0, 0.1) is 18.8 Å². The van der Waals surface area contributed by atoms with E-state index in [4.69, 9.17) is 5.11 Å². The van der Waals surface area contributed by atoms with Crippen molar-refractivity contribution >= 4 is 17.5 Å². The fourth-order valence-corrected chi connectivity index (χ4v) is 3.17. The molecule has 1 aromatic rings. The molecule has 0 aromatic heterocycles. The van der Waals surface area contributed by atoms with E-state index in [2.05, 4.69) is 0 Å². The van der Waals surface area contributed by atoms with Gasteiger partial charge in [-0.3, -0.25) is 9.59 Å². The second-order valence-electron chi connectivity index (χ2n) is 6.83. The molecule has 144 valence electrons. The molecule has 0 saturated carbocycles. The largest absolute Gasteiger partial charge is 0.423 e. The second-order valence-corrected chi connectivity index (χ2v) is 6.83. The van der Waals surface area contributed by atoms with Crippen LogP contribution in [0.25, 0.3) is 0 Å². The van der Waals surface area contributed by atoms with Gasteiger partial charge in [0, 0.05) is 31.7 Å². The summed E-state index contributed by atoms with van der Waals surface area (Å²) in [6.07, 6.45) is -7.75. The van der Waals surface area contributed by atoms with Crippen molar-refractivity contribution in [3.8, 4) is 0 Å². The molecule has 26 heavy (non-hydrogen) atoms. The van der Waals surface area contributed by atoms with Crippen LogP contribution in [0.1, 0.15) is 18.9 Å². The van der Waals surface area contributed by atoms with E-state index in [1.165, 1.54) is 4.90 Å². The average Bonchev–Trinajstić information content (AvgIpc) is 2.59. The number of nitrogens with zero attached hydrogens (tertiary/aromatic N) is 2. The summed E-state index contributed by atoms with van der Waals surface area (Å²) in [5, 5.41) is 9.14. The lowest BCUT2D eigenvalue weighted by Crippen LogP contribution is -2.53. The Kier molecular flexibility index (Phi) is 5.95. The number of aryl methyl sites for hydroxylation is 1. The fraction of sp³-hybridized carbons (Fsp3) is 0.556. The maximum atomic E-state index is 12.8. The summed E-state index contributed by atoms with van der Waals surface area (Å²) < 4.78 is 37.6. The number of anilines is 1. The highest BCUT2D eigenvalue weighted by atomic mass is 19.4. The van der Waals surface area contributed by atoms with Gasteiger partial charge in [0.25, 0.3) is 5.91 Å². The minimum absolute atomic E-state index is 0.00409. The highest BCUT2D eigenvalue weighted by Crippen LogP contribution is 2.29. The van der Waals surface area contributed by atoms with Crippen LogP contribution in [-0.2, 0) is 9.59 Å². The monoisotopic (exact) mass is 372 g/mol. The molecule has 8 heteroatoms. The Morgan fingerprint density at radius 2 is 1.85 bits per heavy atom. The number of rotatable bonds is 3. The zero-order chi connectivity index (χ0) is 19.6. The van der Waals surface area contributed by atoms with Crippen LogP contribution in [0.2, 0.25) is 0 Å². The molecular formula is C18H23F3N2O3. The van der Waals surface area contributed by atoms with Gasteiger partial charge in [0.15, 0.2) is 0 Å². The lowest BCUT2D eigenvalue weighted by molar-refractivity contribution is -0.211. The van der Waals surface area contributed by atoms with Crippen LogP contribution in [0.15, 0.2) is 24.3 Å². The number of hydrogen-bond donors (Lipinski definition) is 1. The van der Waals surface area contributed by atoms with Gasteiger partial charge >= 0.3 is 6.18 Å². The summed E-state index contributed by atoms with van der Waals surface area (Å²) in [5.41, 5.74) is 1.80. The van der Waals surface area contributed by atoms with Crippen molar-refractivity contribution in [2.75, 3.05) is 25.0 Å². The molecule has 0 bridgehead atoms. The standard InChI is InChI=1S/C18H23F3N2O3/c1-11-4-6-13(7-5-11)22(3)16(25)14-8-9-23(10-12(14)2)17(26)15(24)18(19,20)21/h4-7,12,14-15,24H,8-10H2,1-3H3/t12-,14+,15?/m1/s1. The third-order valence-electron chi connectivity index (χ3n) is 4.83. The minimum atomic E-state index is -4.99. The van der Waals surface area contributed by atoms with Crippen LogP contribution < -0.4 is 4.90 Å². The molecule has 1 aliphatic rings. The molecule has 0 radical (unpaired) electrons. The Balaban J connectivity index is 2.03. The van der Waals surface area contributed by atoms with Crippen molar-refractivity contribution in [2.24, 2.45) is 11.8 Å². The molecule has 1 saturated heterocycles. The number of likely N-dealkylation sites (tertiary alicyclic amines) is 1. The van der Waals surface area contributed by atoms with E-state index in [0.29, 0.717) is 0 Å². The lowest BCUT2D eigenvalue weighted by atomic mass is 9.85. The fourth-order valence-electron chi connectivity index (χ4n) is 3.17. The first-order valence-electron chi connectivity index (χ1n) is 8.40. The first kappa shape index (κ1) is 20.2. The van der Waals surface area contributed by atoms with Gasteiger partial charge in [0.2, 0.25) is 12.0 Å². The van der Waals surface area contributed by atoms with Gasteiger partial charge in [0.1, 0.15) is 0 Å². The van der Waals surface area contributed by atoms with Crippen molar-refractivity contribution in [2.45, 2.75) is 32.5 Å². The number of benzene rings is 1. The number of carbonyl (C=O) groups excluding carboxylic acids is 2. The molecule has 1 fully saturated rings. The first-order chi connectivity index (χ1) is 12.0. The number of piperidine rings is 1. The van der Waals surface area contributed by atoms with Gasteiger partial charge in [-0.1, -0.05) is 24.6 Å². The molecule has 2 rings (SSSR count). The number of hydrogen-bond acceptors (Lipinski definition) is 3. The molecule has 1 aliphatic heterocycles. The Bertz CT molecular complexity index is 661. The highest BCUT2D eigenvalue weighted by molar-refractivity contribution is 5.95. The zero-order valence-corrected chi connectivity index (χ0v) is 15.0. The van der Waals surface area contributed by atoms with Gasteiger partial charge in [-0.05, 0) is 31.4 Å². The average molecular weight is 372 g/mol. The maximum absolute atomic E-state index is 12.8. The normalized spacial score (nSPS) is 22.0. The van der Waals surface area contributed by atoms with Crippen LogP contribution in [0.4, 0.5) is 18.9 Å². The van der Waals surface area contributed by atoms with Gasteiger partial charge in [-0.2, -0.15) is 13.2 Å². The predicted molar refractivity (Wildman–Crippen MR) is 90.5 cm³/mol. The third kappa shape index (κ3) is 4.35. The van der Waals surface area contributed by atoms with Crippen molar-refractivity contribution in [1.82, 2.24) is 4.90 Å². The van der Waals surface area contributed by atoms with Crippen molar-refractivity contribution in [3.05, 3.63) is 29.8 Å². The summed E-state index contributed by atoms with van der Waals surface area (Å²) in [6.45, 7) is 3.68. The van der Waals surface area contributed by atoms with Gasteiger partial charge in [-0.25, -0.2) is 0 Å². The van der Waals surface area contributed by atoms with Gasteiger partial charge < -0.3 is 14.9 Å². The van der Waals surface area contributed by atoms with Crippen molar-refractivity contribution < 1.29 is 27.9 Å². The van der Waals surface area contributed by atoms with Gasteiger partial charge in [-0.15, -0.1) is 0 Å². The summed E-state index contributed by atoms with van der Waals surface area (Å²) in [5.74, 6) is -2.20. The summed E-state index contributed by atoms with van der Waals surface area (Å²) in [7, 11) is 1.66. The van der Waals surface area contributed by atoms with Crippen LogP contribution in [0.5, 0.6) is 0 Å². The van der Waals surface area contributed by atoms with E-state index in [-0.39, 0.29) is 31.3 Å². The molecule has 5 nitrogen and oxygen atoms in total. The lowest BCUT2D eigenvalue weighted by Gasteiger charge is -2.38. The molecule has 3 atom stereocenters. The molecular weight excluding hydrogens is 349 g/mol. The number of alkyl halides is 3. The minimum Gasteiger partial charge on any atom is -0.376 e. The van der Waals surface area contributed by atoms with Crippen molar-refractivity contribution in [3.63, 3.8) is 0 Å². The quantitative estimate of drug-likeness (QED) is 0.886. The number of carbonyl (C=O) groups is 2. The highest BCUT2D eigenvalue weighted by Gasteiger charge is 2.47. The predicted octanol–water partition coefficient (Wildman–Crippen LogP) is 2.37. The molecule has 1 unspecified atom stereocenters. The summed E-state index contributed by atoms with van der Waals surface area (Å²) in [4.78, 5) is 27.1. The molecule has 0 aliphatic carbocycles. The van der Waals surface area contributed by atoms with E-state index in [9.17, 15) is 22.8 Å². The SMILES string of the molecule is Cc1ccc(N(C)C(=O)[C@H]2CCN(C(=O)C(O)C(F)(F)F)C[C@H]2C)cc1. The Morgan fingerprint density at radius 1 is 1.27 bits per heavy atom. The molecule has 1 heterocycles. The van der Waals surface area contributed by atoms with E-state index >= 15 is 0 Å². The maximum Gasteiger partial charge on any atom is 0.423 e. The molecule has 2 amide bonds. The third-order valence-corrected chi connectivity index (χ3v) is 4.83. The first-order valence-corrected chi connectivity index (χ1v) is 8.40.